The third-order valence-corrected chi connectivity index (χ3v) is 6.63. The number of aliphatic hydroxyl groups excluding tert-OH is 1. The molecule has 1 amide bonds. The van der Waals surface area contributed by atoms with Gasteiger partial charge in [0, 0.05) is 5.92 Å². The van der Waals surface area contributed by atoms with Crippen LogP contribution in [0.1, 0.15) is 38.7 Å². The SMILES string of the molecule is C[C@H]1CC[C@@H]2[C@@H](C(=O)C3=C(O)C(=Cc4ccc(O)cc4)NC3=O)[C@@H](C)C=C[C@H]2C1. The van der Waals surface area contributed by atoms with Gasteiger partial charge in [0.1, 0.15) is 11.3 Å². The first-order valence-corrected chi connectivity index (χ1v) is 10.3. The molecule has 0 radical (unpaired) electrons. The van der Waals surface area contributed by atoms with Crippen LogP contribution in [0.2, 0.25) is 0 Å². The Labute approximate surface area is 170 Å². The molecule has 3 N–H and O–H groups in total. The molecule has 2 aliphatic carbocycles. The van der Waals surface area contributed by atoms with Gasteiger partial charge in [-0.2, -0.15) is 0 Å². The van der Waals surface area contributed by atoms with Crippen LogP contribution in [0.5, 0.6) is 5.75 Å². The summed E-state index contributed by atoms with van der Waals surface area (Å²) in [5.74, 6) is 0.0381. The molecule has 1 saturated carbocycles. The zero-order chi connectivity index (χ0) is 20.7. The first-order valence-electron chi connectivity index (χ1n) is 10.3. The van der Waals surface area contributed by atoms with E-state index in [1.54, 1.807) is 18.2 Å². The number of amides is 1. The number of benzene rings is 1. The van der Waals surface area contributed by atoms with Crippen LogP contribution in [0.25, 0.3) is 6.08 Å². The number of phenols is 1. The van der Waals surface area contributed by atoms with E-state index in [9.17, 15) is 19.8 Å². The lowest BCUT2D eigenvalue weighted by molar-refractivity contribution is -0.127. The van der Waals surface area contributed by atoms with Gasteiger partial charge in [-0.3, -0.25) is 9.59 Å². The second kappa shape index (κ2) is 7.54. The van der Waals surface area contributed by atoms with Gasteiger partial charge in [0.15, 0.2) is 11.5 Å². The molecular weight excluding hydrogens is 366 g/mol. The van der Waals surface area contributed by atoms with Crippen molar-refractivity contribution in [3.05, 3.63) is 59.0 Å². The fourth-order valence-corrected chi connectivity index (χ4v) is 5.10. The fraction of sp³-hybridized carbons (Fsp3) is 0.417. The molecule has 4 rings (SSSR count). The number of aliphatic hydroxyl groups is 1. The summed E-state index contributed by atoms with van der Waals surface area (Å²) in [7, 11) is 0. The minimum Gasteiger partial charge on any atom is -0.508 e. The number of phenolic OH excluding ortho intramolecular Hbond substituents is 1. The maximum atomic E-state index is 13.4. The van der Waals surface area contributed by atoms with Crippen LogP contribution < -0.4 is 5.32 Å². The Morgan fingerprint density at radius 1 is 1.10 bits per heavy atom. The van der Waals surface area contributed by atoms with Gasteiger partial charge >= 0.3 is 0 Å². The lowest BCUT2D eigenvalue weighted by Crippen LogP contribution is -2.40. The van der Waals surface area contributed by atoms with E-state index in [1.807, 2.05) is 6.92 Å². The van der Waals surface area contributed by atoms with Gasteiger partial charge in [-0.25, -0.2) is 0 Å². The topological polar surface area (TPSA) is 86.6 Å². The summed E-state index contributed by atoms with van der Waals surface area (Å²) in [6.45, 7) is 4.27. The van der Waals surface area contributed by atoms with E-state index >= 15 is 0 Å². The maximum Gasteiger partial charge on any atom is 0.263 e. The molecule has 5 nitrogen and oxygen atoms in total. The highest BCUT2D eigenvalue weighted by molar-refractivity contribution is 6.23. The summed E-state index contributed by atoms with van der Waals surface area (Å²) < 4.78 is 0. The average Bonchev–Trinajstić information content (AvgIpc) is 2.96. The van der Waals surface area contributed by atoms with Crippen LogP contribution in [0, 0.1) is 29.6 Å². The van der Waals surface area contributed by atoms with Crippen LogP contribution in [-0.2, 0) is 9.59 Å². The quantitative estimate of drug-likeness (QED) is 0.533. The van der Waals surface area contributed by atoms with Crippen molar-refractivity contribution in [1.82, 2.24) is 5.32 Å². The predicted molar refractivity (Wildman–Crippen MR) is 111 cm³/mol. The minimum atomic E-state index is -0.542. The molecule has 5 atom stereocenters. The van der Waals surface area contributed by atoms with Crippen LogP contribution in [0.15, 0.2) is 53.4 Å². The van der Waals surface area contributed by atoms with Crippen molar-refractivity contribution in [1.29, 1.82) is 0 Å². The van der Waals surface area contributed by atoms with Gasteiger partial charge in [-0.15, -0.1) is 0 Å². The highest BCUT2D eigenvalue weighted by Gasteiger charge is 2.45. The molecule has 1 heterocycles. The predicted octanol–water partition coefficient (Wildman–Crippen LogP) is 4.12. The Hall–Kier alpha value is -2.82. The van der Waals surface area contributed by atoms with Crippen molar-refractivity contribution in [2.45, 2.75) is 33.1 Å². The number of fused-ring (bicyclic) bond motifs is 1. The van der Waals surface area contributed by atoms with Gasteiger partial charge < -0.3 is 15.5 Å². The van der Waals surface area contributed by atoms with Crippen LogP contribution in [0.4, 0.5) is 0 Å². The number of carbonyl (C=O) groups excluding carboxylic acids is 2. The van der Waals surface area contributed by atoms with Crippen molar-refractivity contribution >= 4 is 17.8 Å². The zero-order valence-corrected chi connectivity index (χ0v) is 16.8. The van der Waals surface area contributed by atoms with E-state index in [4.69, 9.17) is 0 Å². The van der Waals surface area contributed by atoms with Gasteiger partial charge in [0.2, 0.25) is 0 Å². The first-order chi connectivity index (χ1) is 13.8. The summed E-state index contributed by atoms with van der Waals surface area (Å²) >= 11 is 0. The van der Waals surface area contributed by atoms with Gasteiger partial charge in [0.05, 0.1) is 5.70 Å². The Morgan fingerprint density at radius 2 is 1.83 bits per heavy atom. The molecule has 152 valence electrons. The molecule has 0 unspecified atom stereocenters. The number of hydrogen-bond donors (Lipinski definition) is 3. The summed E-state index contributed by atoms with van der Waals surface area (Å²) in [5, 5.41) is 22.7. The van der Waals surface area contributed by atoms with Crippen LogP contribution in [0.3, 0.4) is 0 Å². The lowest BCUT2D eigenvalue weighted by Gasteiger charge is -2.42. The number of rotatable bonds is 3. The molecule has 1 fully saturated rings. The highest BCUT2D eigenvalue weighted by Crippen LogP contribution is 2.46. The number of hydrogen-bond acceptors (Lipinski definition) is 4. The molecule has 0 spiro atoms. The molecular formula is C24H27NO4. The fourth-order valence-electron chi connectivity index (χ4n) is 5.10. The van der Waals surface area contributed by atoms with Crippen molar-refractivity contribution in [2.24, 2.45) is 29.6 Å². The molecule has 29 heavy (non-hydrogen) atoms. The van der Waals surface area contributed by atoms with Crippen LogP contribution in [-0.4, -0.2) is 21.9 Å². The summed E-state index contributed by atoms with van der Waals surface area (Å²) in [4.78, 5) is 26.0. The monoisotopic (exact) mass is 393 g/mol. The molecule has 5 heteroatoms. The van der Waals surface area contributed by atoms with Crippen molar-refractivity contribution < 1.29 is 19.8 Å². The van der Waals surface area contributed by atoms with E-state index < -0.39 is 5.91 Å². The van der Waals surface area contributed by atoms with Crippen LogP contribution >= 0.6 is 0 Å². The number of carbonyl (C=O) groups is 2. The second-order valence-corrected chi connectivity index (χ2v) is 8.71. The summed E-state index contributed by atoms with van der Waals surface area (Å²) in [6.07, 6.45) is 9.08. The lowest BCUT2D eigenvalue weighted by atomic mass is 9.61. The van der Waals surface area contributed by atoms with E-state index in [2.05, 4.69) is 24.4 Å². The maximum absolute atomic E-state index is 13.4. The third-order valence-electron chi connectivity index (χ3n) is 6.63. The Bertz CT molecular complexity index is 925. The zero-order valence-electron chi connectivity index (χ0n) is 16.8. The normalized spacial score (nSPS) is 33.0. The average molecular weight is 393 g/mol. The van der Waals surface area contributed by atoms with Gasteiger partial charge in [-0.1, -0.05) is 44.6 Å². The number of allylic oxidation sites excluding steroid dienone is 2. The van der Waals surface area contributed by atoms with E-state index in [-0.39, 0.29) is 46.3 Å². The van der Waals surface area contributed by atoms with Crippen molar-refractivity contribution in [3.63, 3.8) is 0 Å². The summed E-state index contributed by atoms with van der Waals surface area (Å²) in [5.41, 5.74) is 0.796. The van der Waals surface area contributed by atoms with Gasteiger partial charge in [-0.05, 0) is 60.3 Å². The second-order valence-electron chi connectivity index (χ2n) is 8.71. The smallest absolute Gasteiger partial charge is 0.263 e. The first kappa shape index (κ1) is 19.5. The van der Waals surface area contributed by atoms with E-state index in [1.165, 1.54) is 12.1 Å². The minimum absolute atomic E-state index is 0.0374. The molecule has 0 bridgehead atoms. The molecule has 1 aliphatic heterocycles. The largest absolute Gasteiger partial charge is 0.508 e. The van der Waals surface area contributed by atoms with E-state index in [0.717, 1.165) is 19.3 Å². The number of Topliss-reactive ketones (excluding diaryl/α,β-unsaturated/α-hetero) is 1. The van der Waals surface area contributed by atoms with Crippen molar-refractivity contribution in [2.75, 3.05) is 0 Å². The Kier molecular flexibility index (Phi) is 5.07. The molecule has 3 aliphatic rings. The molecule has 0 aromatic heterocycles. The molecule has 1 aromatic rings. The standard InChI is InChI=1S/C24H27NO4/c1-13-3-10-18-16(11-13)7-4-14(2)20(18)23(28)21-22(27)19(25-24(21)29)12-15-5-8-17(26)9-6-15/h4-9,12-14,16,18,20,26-27H,3,10-11H2,1-2H3,(H,25,29)/t13-,14-,16-,18-,20-/m0/s1. The highest BCUT2D eigenvalue weighted by atomic mass is 16.3. The third kappa shape index (κ3) is 3.61. The summed E-state index contributed by atoms with van der Waals surface area (Å²) in [6, 6.07) is 6.39. The number of nitrogens with one attached hydrogen (secondary N) is 1. The molecule has 1 aromatic carbocycles. The number of ketones is 1. The van der Waals surface area contributed by atoms with Crippen molar-refractivity contribution in [3.8, 4) is 5.75 Å². The molecule has 0 saturated heterocycles. The Morgan fingerprint density at radius 3 is 2.55 bits per heavy atom. The van der Waals surface area contributed by atoms with Gasteiger partial charge in [0.25, 0.3) is 5.91 Å². The number of aromatic hydroxyl groups is 1. The Balaban J connectivity index is 1.65. The van der Waals surface area contributed by atoms with E-state index in [0.29, 0.717) is 17.4 Å².